The lowest BCUT2D eigenvalue weighted by molar-refractivity contribution is -0.136. The van der Waals surface area contributed by atoms with Crippen molar-refractivity contribution in [2.45, 2.75) is 20.3 Å². The van der Waals surface area contributed by atoms with E-state index in [0.29, 0.717) is 23.2 Å². The van der Waals surface area contributed by atoms with Crippen LogP contribution < -0.4 is 10.6 Å². The third-order valence-electron chi connectivity index (χ3n) is 2.41. The van der Waals surface area contributed by atoms with Gasteiger partial charge in [-0.05, 0) is 24.5 Å². The second kappa shape index (κ2) is 7.36. The van der Waals surface area contributed by atoms with E-state index in [1.807, 2.05) is 13.8 Å². The highest BCUT2D eigenvalue weighted by Gasteiger charge is 2.15. The molecule has 0 aromatic heterocycles. The van der Waals surface area contributed by atoms with Crippen LogP contribution in [0.15, 0.2) is 18.2 Å². The summed E-state index contributed by atoms with van der Waals surface area (Å²) in [6.45, 7) is 4.54. The molecule has 0 radical (unpaired) electrons. The average Bonchev–Trinajstić information content (AvgIpc) is 2.34. The third-order valence-corrected chi connectivity index (χ3v) is 3.23. The summed E-state index contributed by atoms with van der Waals surface area (Å²) in [4.78, 5) is 23.2. The summed E-state index contributed by atoms with van der Waals surface area (Å²) in [5.74, 6) is -0.977. The maximum absolute atomic E-state index is 11.6. The van der Waals surface area contributed by atoms with Crippen LogP contribution in [0.2, 0.25) is 10.0 Å². The summed E-state index contributed by atoms with van der Waals surface area (Å²) < 4.78 is 0. The lowest BCUT2D eigenvalue weighted by Crippen LogP contribution is -2.36. The van der Waals surface area contributed by atoms with Gasteiger partial charge in [0.15, 0.2) is 0 Å². The first kappa shape index (κ1) is 15.8. The molecule has 2 N–H and O–H groups in total. The molecule has 1 rings (SSSR count). The molecule has 0 bridgehead atoms. The average molecular weight is 303 g/mol. The molecule has 104 valence electrons. The fraction of sp³-hybridized carbons (Fsp3) is 0.385. The Morgan fingerprint density at radius 3 is 2.53 bits per heavy atom. The zero-order valence-electron chi connectivity index (χ0n) is 10.8. The third kappa shape index (κ3) is 5.09. The second-order valence-electron chi connectivity index (χ2n) is 4.49. The molecule has 0 heterocycles. The van der Waals surface area contributed by atoms with Crippen molar-refractivity contribution in [1.82, 2.24) is 5.32 Å². The quantitative estimate of drug-likeness (QED) is 0.840. The van der Waals surface area contributed by atoms with E-state index in [2.05, 4.69) is 10.6 Å². The minimum absolute atomic E-state index is 0.215. The van der Waals surface area contributed by atoms with Crippen molar-refractivity contribution >= 4 is 40.7 Å². The molecule has 19 heavy (non-hydrogen) atoms. The topological polar surface area (TPSA) is 58.2 Å². The number of hydrogen-bond acceptors (Lipinski definition) is 2. The summed E-state index contributed by atoms with van der Waals surface area (Å²) in [7, 11) is 0. The molecular formula is C13H16Cl2N2O2. The Hall–Kier alpha value is -1.26. The van der Waals surface area contributed by atoms with Gasteiger partial charge in [0.25, 0.3) is 0 Å². The van der Waals surface area contributed by atoms with E-state index in [9.17, 15) is 9.59 Å². The Balaban J connectivity index is 2.55. The number of carbonyl (C=O) groups is 2. The molecule has 1 aromatic rings. The summed E-state index contributed by atoms with van der Waals surface area (Å²) >= 11 is 11.7. The molecule has 0 aliphatic carbocycles. The number of amides is 2. The number of rotatable bonds is 4. The Bertz CT molecular complexity index is 476. The molecule has 0 saturated heterocycles. The van der Waals surface area contributed by atoms with Crippen LogP contribution in [0, 0.1) is 5.92 Å². The van der Waals surface area contributed by atoms with Crippen LogP contribution in [0.1, 0.15) is 20.3 Å². The van der Waals surface area contributed by atoms with Gasteiger partial charge in [-0.1, -0.05) is 43.1 Å². The predicted octanol–water partition coefficient (Wildman–Crippen LogP) is 3.09. The van der Waals surface area contributed by atoms with Gasteiger partial charge in [0, 0.05) is 6.54 Å². The standard InChI is InChI=1S/C13H16Cl2N2O2/c1-8(2)6-7-16-12(18)13(19)17-10-5-3-4-9(14)11(10)15/h3-5,8H,6-7H2,1-2H3,(H,16,18)(H,17,19). The highest BCUT2D eigenvalue weighted by atomic mass is 35.5. The van der Waals surface area contributed by atoms with Gasteiger partial charge in [0.1, 0.15) is 0 Å². The molecule has 0 aliphatic rings. The lowest BCUT2D eigenvalue weighted by atomic mass is 10.1. The van der Waals surface area contributed by atoms with Gasteiger partial charge in [-0.15, -0.1) is 0 Å². The normalized spacial score (nSPS) is 10.4. The van der Waals surface area contributed by atoms with Crippen molar-refractivity contribution in [2.24, 2.45) is 5.92 Å². The number of hydrogen-bond donors (Lipinski definition) is 2. The number of nitrogens with one attached hydrogen (secondary N) is 2. The first-order chi connectivity index (χ1) is 8.91. The van der Waals surface area contributed by atoms with E-state index in [1.54, 1.807) is 18.2 Å². The predicted molar refractivity (Wildman–Crippen MR) is 77.6 cm³/mol. The number of benzene rings is 1. The van der Waals surface area contributed by atoms with Gasteiger partial charge in [-0.2, -0.15) is 0 Å². The zero-order valence-corrected chi connectivity index (χ0v) is 12.3. The number of anilines is 1. The van der Waals surface area contributed by atoms with E-state index in [0.717, 1.165) is 6.42 Å². The summed E-state index contributed by atoms with van der Waals surface area (Å²) in [5, 5.41) is 5.50. The number of halogens is 2. The van der Waals surface area contributed by atoms with Crippen molar-refractivity contribution in [2.75, 3.05) is 11.9 Å². The van der Waals surface area contributed by atoms with Crippen LogP contribution in [-0.4, -0.2) is 18.4 Å². The van der Waals surface area contributed by atoms with Crippen LogP contribution in [0.25, 0.3) is 0 Å². The smallest absolute Gasteiger partial charge is 0.313 e. The molecule has 6 heteroatoms. The van der Waals surface area contributed by atoms with E-state index in [4.69, 9.17) is 23.2 Å². The Morgan fingerprint density at radius 2 is 1.89 bits per heavy atom. The van der Waals surface area contributed by atoms with Gasteiger partial charge in [-0.25, -0.2) is 0 Å². The Morgan fingerprint density at radius 1 is 1.21 bits per heavy atom. The minimum Gasteiger partial charge on any atom is -0.348 e. The van der Waals surface area contributed by atoms with Crippen LogP contribution in [0.5, 0.6) is 0 Å². The Kier molecular flexibility index (Phi) is 6.12. The van der Waals surface area contributed by atoms with E-state index >= 15 is 0 Å². The lowest BCUT2D eigenvalue weighted by Gasteiger charge is -2.09. The van der Waals surface area contributed by atoms with Crippen LogP contribution in [-0.2, 0) is 9.59 Å². The van der Waals surface area contributed by atoms with E-state index in [-0.39, 0.29) is 5.02 Å². The maximum atomic E-state index is 11.6. The van der Waals surface area contributed by atoms with Gasteiger partial charge in [-0.3, -0.25) is 9.59 Å². The van der Waals surface area contributed by atoms with Crippen LogP contribution in [0.4, 0.5) is 5.69 Å². The highest BCUT2D eigenvalue weighted by molar-refractivity contribution is 6.45. The van der Waals surface area contributed by atoms with Gasteiger partial charge >= 0.3 is 11.8 Å². The van der Waals surface area contributed by atoms with Gasteiger partial charge in [0.05, 0.1) is 15.7 Å². The summed E-state index contributed by atoms with van der Waals surface area (Å²) in [5.41, 5.74) is 0.318. The molecule has 1 aromatic carbocycles. The number of carbonyl (C=O) groups excluding carboxylic acids is 2. The first-order valence-corrected chi connectivity index (χ1v) is 6.70. The molecule has 0 aliphatic heterocycles. The van der Waals surface area contributed by atoms with Crippen molar-refractivity contribution in [1.29, 1.82) is 0 Å². The second-order valence-corrected chi connectivity index (χ2v) is 5.28. The fourth-order valence-electron chi connectivity index (χ4n) is 1.33. The van der Waals surface area contributed by atoms with Crippen LogP contribution in [0.3, 0.4) is 0 Å². The molecule has 0 fully saturated rings. The van der Waals surface area contributed by atoms with Gasteiger partial charge in [0.2, 0.25) is 0 Å². The molecular weight excluding hydrogens is 287 g/mol. The summed E-state index contributed by atoms with van der Waals surface area (Å²) in [6, 6.07) is 4.82. The van der Waals surface area contributed by atoms with Crippen molar-refractivity contribution < 1.29 is 9.59 Å². The maximum Gasteiger partial charge on any atom is 0.313 e. The highest BCUT2D eigenvalue weighted by Crippen LogP contribution is 2.29. The zero-order chi connectivity index (χ0) is 14.4. The van der Waals surface area contributed by atoms with Crippen molar-refractivity contribution in [3.05, 3.63) is 28.2 Å². The van der Waals surface area contributed by atoms with Crippen molar-refractivity contribution in [3.8, 4) is 0 Å². The SMILES string of the molecule is CC(C)CCNC(=O)C(=O)Nc1cccc(Cl)c1Cl. The first-order valence-electron chi connectivity index (χ1n) is 5.95. The van der Waals surface area contributed by atoms with E-state index < -0.39 is 11.8 Å². The molecule has 0 unspecified atom stereocenters. The van der Waals surface area contributed by atoms with E-state index in [1.165, 1.54) is 0 Å². The fourth-order valence-corrected chi connectivity index (χ4v) is 1.68. The van der Waals surface area contributed by atoms with Crippen LogP contribution >= 0.6 is 23.2 Å². The molecule has 4 nitrogen and oxygen atoms in total. The molecule has 2 amide bonds. The summed E-state index contributed by atoms with van der Waals surface area (Å²) in [6.07, 6.45) is 0.816. The minimum atomic E-state index is -0.757. The molecule has 0 atom stereocenters. The largest absolute Gasteiger partial charge is 0.348 e. The van der Waals surface area contributed by atoms with Gasteiger partial charge < -0.3 is 10.6 Å². The molecule has 0 saturated carbocycles. The molecule has 0 spiro atoms. The Labute approximate surface area is 122 Å². The monoisotopic (exact) mass is 302 g/mol. The van der Waals surface area contributed by atoms with Crippen molar-refractivity contribution in [3.63, 3.8) is 0 Å².